The number of anilines is 1. The number of nitrogens with zero attached hydrogens (tertiary/aromatic N) is 2. The van der Waals surface area contributed by atoms with Gasteiger partial charge in [-0.15, -0.1) is 0 Å². The van der Waals surface area contributed by atoms with Crippen LogP contribution >= 0.6 is 0 Å². The van der Waals surface area contributed by atoms with Gasteiger partial charge in [-0.05, 0) is 32.0 Å². The standard InChI is InChI=1S/C16H17N3O2/c1-3-19-15(11-12(2)18-19)16(21)17-14-9-5-4-7-13(14)8-6-10-20/h4-5,7,9,11,20H,3,10H2,1-2H3,(H,17,21). The summed E-state index contributed by atoms with van der Waals surface area (Å²) < 4.78 is 1.66. The van der Waals surface area contributed by atoms with Crippen LogP contribution in [-0.2, 0) is 6.54 Å². The fourth-order valence-electron chi connectivity index (χ4n) is 1.99. The van der Waals surface area contributed by atoms with Crippen LogP contribution in [0.2, 0.25) is 0 Å². The lowest BCUT2D eigenvalue weighted by molar-refractivity contribution is 0.101. The third-order valence-electron chi connectivity index (χ3n) is 2.91. The van der Waals surface area contributed by atoms with Crippen molar-refractivity contribution in [3.8, 4) is 11.8 Å². The van der Waals surface area contributed by atoms with Gasteiger partial charge in [0.15, 0.2) is 0 Å². The largest absolute Gasteiger partial charge is 0.384 e. The third-order valence-corrected chi connectivity index (χ3v) is 2.91. The van der Waals surface area contributed by atoms with Gasteiger partial charge in [-0.1, -0.05) is 24.0 Å². The fourth-order valence-corrected chi connectivity index (χ4v) is 1.99. The molecule has 0 atom stereocenters. The number of hydrogen-bond donors (Lipinski definition) is 2. The van der Waals surface area contributed by atoms with E-state index in [0.717, 1.165) is 5.69 Å². The number of nitrogens with one attached hydrogen (secondary N) is 1. The molecule has 5 heteroatoms. The zero-order valence-electron chi connectivity index (χ0n) is 12.1. The summed E-state index contributed by atoms with van der Waals surface area (Å²) in [5.74, 6) is 5.17. The van der Waals surface area contributed by atoms with Crippen LogP contribution in [0, 0.1) is 18.8 Å². The molecule has 0 aliphatic carbocycles. The number of aliphatic hydroxyl groups is 1. The van der Waals surface area contributed by atoms with Gasteiger partial charge >= 0.3 is 0 Å². The normalized spacial score (nSPS) is 9.86. The minimum absolute atomic E-state index is 0.218. The van der Waals surface area contributed by atoms with E-state index < -0.39 is 0 Å². The maximum Gasteiger partial charge on any atom is 0.273 e. The van der Waals surface area contributed by atoms with Crippen LogP contribution in [-0.4, -0.2) is 27.4 Å². The second-order valence-corrected chi connectivity index (χ2v) is 4.45. The lowest BCUT2D eigenvalue weighted by atomic mass is 10.1. The molecule has 1 aromatic heterocycles. The third kappa shape index (κ3) is 3.50. The Bertz CT molecular complexity index is 708. The van der Waals surface area contributed by atoms with E-state index in [1.54, 1.807) is 22.9 Å². The van der Waals surface area contributed by atoms with Gasteiger partial charge < -0.3 is 10.4 Å². The highest BCUT2D eigenvalue weighted by atomic mass is 16.2. The summed E-state index contributed by atoms with van der Waals surface area (Å²) in [4.78, 5) is 12.4. The van der Waals surface area contributed by atoms with Gasteiger partial charge in [-0.25, -0.2) is 0 Å². The predicted molar refractivity (Wildman–Crippen MR) is 81.0 cm³/mol. The molecule has 2 rings (SSSR count). The molecule has 1 aromatic carbocycles. The highest BCUT2D eigenvalue weighted by Gasteiger charge is 2.14. The van der Waals surface area contributed by atoms with E-state index in [2.05, 4.69) is 22.3 Å². The minimum Gasteiger partial charge on any atom is -0.384 e. The highest BCUT2D eigenvalue weighted by Crippen LogP contribution is 2.15. The number of carbonyl (C=O) groups is 1. The van der Waals surface area contributed by atoms with Crippen LogP contribution in [0.3, 0.4) is 0 Å². The van der Waals surface area contributed by atoms with E-state index in [1.807, 2.05) is 26.0 Å². The summed E-state index contributed by atoms with van der Waals surface area (Å²) in [5.41, 5.74) is 2.60. The zero-order valence-corrected chi connectivity index (χ0v) is 12.1. The van der Waals surface area contributed by atoms with Crippen LogP contribution in [0.1, 0.15) is 28.7 Å². The molecular weight excluding hydrogens is 266 g/mol. The van der Waals surface area contributed by atoms with E-state index >= 15 is 0 Å². The van der Waals surface area contributed by atoms with Crippen LogP contribution in [0.4, 0.5) is 5.69 Å². The van der Waals surface area contributed by atoms with Crippen molar-refractivity contribution in [1.29, 1.82) is 0 Å². The number of aliphatic hydroxyl groups excluding tert-OH is 1. The first-order chi connectivity index (χ1) is 10.2. The number of hydrogen-bond acceptors (Lipinski definition) is 3. The van der Waals surface area contributed by atoms with E-state index in [1.165, 1.54) is 0 Å². The molecule has 0 radical (unpaired) electrons. The average Bonchev–Trinajstić information content (AvgIpc) is 2.87. The number of aromatic nitrogens is 2. The minimum atomic E-state index is -0.226. The van der Waals surface area contributed by atoms with Crippen LogP contribution in [0.25, 0.3) is 0 Å². The number of benzene rings is 1. The number of carbonyl (C=O) groups excluding carboxylic acids is 1. The molecule has 0 aliphatic heterocycles. The Morgan fingerprint density at radius 2 is 2.19 bits per heavy atom. The predicted octanol–water partition coefficient (Wildman–Crippen LogP) is 1.81. The Labute approximate surface area is 123 Å². The lowest BCUT2D eigenvalue weighted by Crippen LogP contribution is -2.17. The molecule has 0 saturated heterocycles. The molecule has 0 spiro atoms. The molecule has 1 amide bonds. The van der Waals surface area contributed by atoms with Crippen molar-refractivity contribution in [3.63, 3.8) is 0 Å². The Kier molecular flexibility index (Phi) is 4.75. The molecule has 2 N–H and O–H groups in total. The van der Waals surface area contributed by atoms with Gasteiger partial charge in [0.1, 0.15) is 12.3 Å². The molecule has 108 valence electrons. The Hall–Kier alpha value is -2.58. The molecule has 2 aromatic rings. The Morgan fingerprint density at radius 3 is 2.90 bits per heavy atom. The zero-order chi connectivity index (χ0) is 15.2. The van der Waals surface area contributed by atoms with Crippen molar-refractivity contribution >= 4 is 11.6 Å². The van der Waals surface area contributed by atoms with E-state index in [-0.39, 0.29) is 12.5 Å². The quantitative estimate of drug-likeness (QED) is 0.844. The van der Waals surface area contributed by atoms with Gasteiger partial charge in [0.25, 0.3) is 5.91 Å². The van der Waals surface area contributed by atoms with Gasteiger partial charge in [0.05, 0.1) is 11.4 Å². The van der Waals surface area contributed by atoms with Crippen molar-refractivity contribution in [3.05, 3.63) is 47.3 Å². The van der Waals surface area contributed by atoms with Crippen molar-refractivity contribution in [2.24, 2.45) is 0 Å². The number of amides is 1. The summed E-state index contributed by atoms with van der Waals surface area (Å²) in [6, 6.07) is 8.97. The first-order valence-electron chi connectivity index (χ1n) is 6.70. The first kappa shape index (κ1) is 14.8. The molecule has 0 aliphatic rings. The highest BCUT2D eigenvalue weighted by molar-refractivity contribution is 6.03. The summed E-state index contributed by atoms with van der Waals surface area (Å²) >= 11 is 0. The molecule has 21 heavy (non-hydrogen) atoms. The van der Waals surface area contributed by atoms with Gasteiger partial charge in [-0.3, -0.25) is 9.48 Å². The molecule has 0 fully saturated rings. The summed E-state index contributed by atoms with van der Waals surface area (Å²) in [6.07, 6.45) is 0. The van der Waals surface area contributed by atoms with E-state index in [4.69, 9.17) is 5.11 Å². The van der Waals surface area contributed by atoms with E-state index in [0.29, 0.717) is 23.5 Å². The second kappa shape index (κ2) is 6.73. The van der Waals surface area contributed by atoms with Crippen molar-refractivity contribution in [1.82, 2.24) is 9.78 Å². The second-order valence-electron chi connectivity index (χ2n) is 4.45. The smallest absolute Gasteiger partial charge is 0.273 e. The molecule has 0 saturated carbocycles. The van der Waals surface area contributed by atoms with Gasteiger partial charge in [0, 0.05) is 12.1 Å². The summed E-state index contributed by atoms with van der Waals surface area (Å²) in [7, 11) is 0. The van der Waals surface area contributed by atoms with Crippen molar-refractivity contribution in [2.75, 3.05) is 11.9 Å². The topological polar surface area (TPSA) is 67.2 Å². The van der Waals surface area contributed by atoms with Crippen molar-refractivity contribution < 1.29 is 9.90 Å². The molecule has 0 unspecified atom stereocenters. The van der Waals surface area contributed by atoms with Gasteiger partial charge in [-0.2, -0.15) is 5.10 Å². The van der Waals surface area contributed by atoms with E-state index in [9.17, 15) is 4.79 Å². The number of aryl methyl sites for hydroxylation is 2. The lowest BCUT2D eigenvalue weighted by Gasteiger charge is -2.08. The maximum absolute atomic E-state index is 12.4. The summed E-state index contributed by atoms with van der Waals surface area (Å²) in [6.45, 7) is 4.19. The SMILES string of the molecule is CCn1nc(C)cc1C(=O)Nc1ccccc1C#CCO. The number of para-hydroxylation sites is 1. The molecule has 5 nitrogen and oxygen atoms in total. The Morgan fingerprint density at radius 1 is 1.43 bits per heavy atom. The molecule has 0 bridgehead atoms. The van der Waals surface area contributed by atoms with Crippen molar-refractivity contribution in [2.45, 2.75) is 20.4 Å². The molecule has 1 heterocycles. The Balaban J connectivity index is 2.27. The van der Waals surface area contributed by atoms with Crippen LogP contribution < -0.4 is 5.32 Å². The molecular formula is C16H17N3O2. The van der Waals surface area contributed by atoms with Gasteiger partial charge in [0.2, 0.25) is 0 Å². The maximum atomic E-state index is 12.4. The number of rotatable bonds is 3. The van der Waals surface area contributed by atoms with Crippen LogP contribution in [0.5, 0.6) is 0 Å². The first-order valence-corrected chi connectivity index (χ1v) is 6.70. The summed E-state index contributed by atoms with van der Waals surface area (Å²) in [5, 5.41) is 15.9. The monoisotopic (exact) mass is 283 g/mol. The average molecular weight is 283 g/mol. The van der Waals surface area contributed by atoms with Crippen LogP contribution in [0.15, 0.2) is 30.3 Å². The fraction of sp³-hybridized carbons (Fsp3) is 0.250.